The maximum Gasteiger partial charge on any atom is 0.216 e. The molecular formula is C13H29N3O3S. The maximum atomic E-state index is 12.2. The second-order valence-corrected chi connectivity index (χ2v) is 7.34. The molecule has 0 radical (unpaired) electrons. The highest BCUT2D eigenvalue weighted by molar-refractivity contribution is 7.89. The fourth-order valence-electron chi connectivity index (χ4n) is 2.14. The first-order chi connectivity index (χ1) is 9.53. The van der Waals surface area contributed by atoms with Crippen LogP contribution in [0.1, 0.15) is 46.5 Å². The Kier molecular flexibility index (Phi) is 7.98. The summed E-state index contributed by atoms with van der Waals surface area (Å²) in [4.78, 5) is 7.77. The van der Waals surface area contributed by atoms with E-state index in [-0.39, 0.29) is 5.75 Å². The summed E-state index contributed by atoms with van der Waals surface area (Å²) >= 11 is 0. The molecule has 1 heterocycles. The Morgan fingerprint density at radius 2 is 1.75 bits per heavy atom. The molecule has 0 unspecified atom stereocenters. The van der Waals surface area contributed by atoms with Gasteiger partial charge in [0, 0.05) is 6.54 Å². The predicted molar refractivity (Wildman–Crippen MR) is 80.2 cm³/mol. The largest absolute Gasteiger partial charge is 0.296 e. The predicted octanol–water partition coefficient (Wildman–Crippen LogP) is 1.66. The molecule has 1 aliphatic heterocycles. The smallest absolute Gasteiger partial charge is 0.216 e. The van der Waals surface area contributed by atoms with Gasteiger partial charge >= 0.3 is 0 Å². The van der Waals surface area contributed by atoms with Gasteiger partial charge in [-0.2, -0.15) is 9.37 Å². The normalized spacial score (nSPS) is 19.6. The Balaban J connectivity index is 2.68. The van der Waals surface area contributed by atoms with Crippen LogP contribution in [0.3, 0.4) is 0 Å². The van der Waals surface area contributed by atoms with E-state index < -0.39 is 10.0 Å². The van der Waals surface area contributed by atoms with E-state index in [1.54, 1.807) is 5.06 Å². The molecule has 0 aromatic rings. The van der Waals surface area contributed by atoms with Crippen LogP contribution < -0.4 is 0 Å². The molecule has 0 bridgehead atoms. The van der Waals surface area contributed by atoms with Crippen LogP contribution in [-0.4, -0.2) is 61.6 Å². The Hall–Kier alpha value is -0.210. The van der Waals surface area contributed by atoms with E-state index in [4.69, 9.17) is 4.84 Å². The van der Waals surface area contributed by atoms with Crippen molar-refractivity contribution in [2.24, 2.45) is 0 Å². The molecule has 7 heteroatoms. The quantitative estimate of drug-likeness (QED) is 0.648. The van der Waals surface area contributed by atoms with E-state index in [1.165, 1.54) is 4.31 Å². The lowest BCUT2D eigenvalue weighted by Gasteiger charge is -2.40. The number of sulfonamides is 1. The van der Waals surface area contributed by atoms with Crippen molar-refractivity contribution in [2.45, 2.75) is 46.5 Å². The third-order valence-electron chi connectivity index (χ3n) is 3.19. The summed E-state index contributed by atoms with van der Waals surface area (Å²) in [6, 6.07) is 0. The first kappa shape index (κ1) is 17.8. The summed E-state index contributed by atoms with van der Waals surface area (Å²) in [6.45, 7) is 9.11. The van der Waals surface area contributed by atoms with E-state index in [0.29, 0.717) is 33.0 Å². The van der Waals surface area contributed by atoms with Gasteiger partial charge in [-0.1, -0.05) is 27.2 Å². The molecule has 0 saturated carbocycles. The second-order valence-electron chi connectivity index (χ2n) is 5.26. The van der Waals surface area contributed by atoms with Gasteiger partial charge in [0.2, 0.25) is 10.0 Å². The number of rotatable bonds is 9. The summed E-state index contributed by atoms with van der Waals surface area (Å²) in [5, 5.41) is 1.76. The molecule has 6 nitrogen and oxygen atoms in total. The van der Waals surface area contributed by atoms with Crippen LogP contribution in [0.2, 0.25) is 0 Å². The van der Waals surface area contributed by atoms with E-state index in [1.807, 2.05) is 13.8 Å². The van der Waals surface area contributed by atoms with Gasteiger partial charge in [-0.15, -0.1) is 0 Å². The number of hydrogen-bond donors (Lipinski definition) is 0. The van der Waals surface area contributed by atoms with Gasteiger partial charge in [-0.25, -0.2) is 8.42 Å². The molecule has 120 valence electrons. The average Bonchev–Trinajstić information content (AvgIpc) is 2.42. The van der Waals surface area contributed by atoms with Crippen molar-refractivity contribution in [2.75, 3.05) is 38.9 Å². The second kappa shape index (κ2) is 8.94. The summed E-state index contributed by atoms with van der Waals surface area (Å²) in [7, 11) is -3.18. The summed E-state index contributed by atoms with van der Waals surface area (Å²) in [5.41, 5.74) is 0. The molecule has 0 N–H and O–H groups in total. The lowest BCUT2D eigenvalue weighted by Crippen LogP contribution is -2.56. The number of hydroxylamine groups is 2. The van der Waals surface area contributed by atoms with E-state index >= 15 is 0 Å². The lowest BCUT2D eigenvalue weighted by atomic mass is 10.3. The highest BCUT2D eigenvalue weighted by Crippen LogP contribution is 2.14. The van der Waals surface area contributed by atoms with Crippen LogP contribution >= 0.6 is 0 Å². The standard InChI is InChI=1S/C13H29N3O3S/c1-4-7-8-14-11-15(19-9-5-2)13-16(12-14)20(17,18)10-6-3/h4-13H2,1-3H3. The lowest BCUT2D eigenvalue weighted by molar-refractivity contribution is -0.221. The molecule has 0 aliphatic carbocycles. The molecule has 1 fully saturated rings. The molecular weight excluding hydrogens is 278 g/mol. The van der Waals surface area contributed by atoms with Gasteiger partial charge in [0.15, 0.2) is 0 Å². The van der Waals surface area contributed by atoms with E-state index in [9.17, 15) is 8.42 Å². The van der Waals surface area contributed by atoms with E-state index in [2.05, 4.69) is 11.8 Å². The molecule has 20 heavy (non-hydrogen) atoms. The highest BCUT2D eigenvalue weighted by Gasteiger charge is 2.31. The van der Waals surface area contributed by atoms with Gasteiger partial charge < -0.3 is 0 Å². The first-order valence-corrected chi connectivity index (χ1v) is 9.22. The zero-order valence-electron chi connectivity index (χ0n) is 13.0. The molecule has 0 aromatic heterocycles. The van der Waals surface area contributed by atoms with Crippen LogP contribution in [0.5, 0.6) is 0 Å². The fourth-order valence-corrected chi connectivity index (χ4v) is 3.56. The van der Waals surface area contributed by atoms with Crippen molar-refractivity contribution < 1.29 is 13.3 Å². The molecule has 0 amide bonds. The van der Waals surface area contributed by atoms with Gasteiger partial charge in [0.05, 0.1) is 32.4 Å². The SMILES string of the molecule is CCCCN1CN(OCCC)CN(S(=O)(=O)CCC)C1. The third-order valence-corrected chi connectivity index (χ3v) is 5.13. The Morgan fingerprint density at radius 3 is 2.35 bits per heavy atom. The zero-order valence-corrected chi connectivity index (χ0v) is 13.9. The van der Waals surface area contributed by atoms with Crippen LogP contribution in [0.4, 0.5) is 0 Å². The summed E-state index contributed by atoms with van der Waals surface area (Å²) in [6.07, 6.45) is 3.74. The van der Waals surface area contributed by atoms with Crippen molar-refractivity contribution in [3.8, 4) is 0 Å². The van der Waals surface area contributed by atoms with Crippen molar-refractivity contribution in [3.63, 3.8) is 0 Å². The van der Waals surface area contributed by atoms with Crippen molar-refractivity contribution in [3.05, 3.63) is 0 Å². The van der Waals surface area contributed by atoms with Gasteiger partial charge in [-0.3, -0.25) is 9.74 Å². The molecule has 0 atom stereocenters. The van der Waals surface area contributed by atoms with Crippen LogP contribution in [0.15, 0.2) is 0 Å². The summed E-state index contributed by atoms with van der Waals surface area (Å²) < 4.78 is 26.0. The maximum absolute atomic E-state index is 12.2. The van der Waals surface area contributed by atoms with Crippen molar-refractivity contribution >= 4 is 10.0 Å². The number of hydrogen-bond acceptors (Lipinski definition) is 5. The van der Waals surface area contributed by atoms with E-state index in [0.717, 1.165) is 25.8 Å². The van der Waals surface area contributed by atoms with Crippen molar-refractivity contribution in [1.29, 1.82) is 0 Å². The molecule has 1 rings (SSSR count). The van der Waals surface area contributed by atoms with Crippen molar-refractivity contribution in [1.82, 2.24) is 14.3 Å². The third kappa shape index (κ3) is 5.65. The Labute approximate surface area is 123 Å². The minimum atomic E-state index is -3.18. The minimum Gasteiger partial charge on any atom is -0.296 e. The molecule has 0 aromatic carbocycles. The number of unbranched alkanes of at least 4 members (excludes halogenated alkanes) is 1. The fraction of sp³-hybridized carbons (Fsp3) is 1.00. The molecule has 1 aliphatic rings. The number of nitrogens with zero attached hydrogens (tertiary/aromatic N) is 3. The van der Waals surface area contributed by atoms with Gasteiger partial charge in [0.1, 0.15) is 0 Å². The average molecular weight is 307 g/mol. The van der Waals surface area contributed by atoms with Crippen LogP contribution in [-0.2, 0) is 14.9 Å². The zero-order chi connectivity index (χ0) is 15.0. The minimum absolute atomic E-state index is 0.205. The van der Waals surface area contributed by atoms with Gasteiger partial charge in [0.25, 0.3) is 0 Å². The first-order valence-electron chi connectivity index (χ1n) is 7.61. The Morgan fingerprint density at radius 1 is 1.00 bits per heavy atom. The van der Waals surface area contributed by atoms with Crippen LogP contribution in [0, 0.1) is 0 Å². The van der Waals surface area contributed by atoms with Gasteiger partial charge in [-0.05, 0) is 19.3 Å². The Bertz CT molecular complexity index is 346. The molecule has 0 spiro atoms. The van der Waals surface area contributed by atoms with Crippen LogP contribution in [0.25, 0.3) is 0 Å². The monoisotopic (exact) mass is 307 g/mol. The summed E-state index contributed by atoms with van der Waals surface area (Å²) in [5.74, 6) is 0.205. The highest BCUT2D eigenvalue weighted by atomic mass is 32.2. The topological polar surface area (TPSA) is 53.1 Å². The molecule has 1 saturated heterocycles.